The number of nitrogens with one attached hydrogen (secondary N) is 1. The fourth-order valence-corrected chi connectivity index (χ4v) is 1.30. The molecule has 0 aromatic rings. The maximum absolute atomic E-state index is 11.7. The van der Waals surface area contributed by atoms with E-state index >= 15 is 0 Å². The molecular weight excluding hydrogens is 241 g/mol. The minimum atomic E-state index is -4.33. The largest absolute Gasteiger partial charge is 0.411 e. The van der Waals surface area contributed by atoms with E-state index in [0.717, 1.165) is 0 Å². The molecule has 1 saturated heterocycles. The number of carbonyl (C=O) groups excluding carboxylic acids is 1. The molecule has 17 heavy (non-hydrogen) atoms. The number of morpholine rings is 1. The highest BCUT2D eigenvalue weighted by Gasteiger charge is 2.27. The van der Waals surface area contributed by atoms with Crippen molar-refractivity contribution < 1.29 is 27.4 Å². The Morgan fingerprint density at radius 2 is 2.00 bits per heavy atom. The molecule has 8 heteroatoms. The standard InChI is InChI=1S/C9H15F3N2O3/c10-9(11,12)7-17-4-1-13-8(15)14-2-5-16-6-3-14/h1-7H2,(H,13,15). The molecule has 1 fully saturated rings. The van der Waals surface area contributed by atoms with Gasteiger partial charge in [0.1, 0.15) is 6.61 Å². The van der Waals surface area contributed by atoms with E-state index in [1.807, 2.05) is 0 Å². The first-order valence-corrected chi connectivity index (χ1v) is 5.24. The Morgan fingerprint density at radius 3 is 2.59 bits per heavy atom. The zero-order valence-electron chi connectivity index (χ0n) is 9.26. The van der Waals surface area contributed by atoms with Crippen LogP contribution in [0.15, 0.2) is 0 Å². The van der Waals surface area contributed by atoms with Gasteiger partial charge in [-0.3, -0.25) is 0 Å². The van der Waals surface area contributed by atoms with Crippen molar-refractivity contribution in [3.05, 3.63) is 0 Å². The van der Waals surface area contributed by atoms with Gasteiger partial charge in [-0.15, -0.1) is 0 Å². The van der Waals surface area contributed by atoms with E-state index in [-0.39, 0.29) is 19.2 Å². The van der Waals surface area contributed by atoms with Gasteiger partial charge in [0.15, 0.2) is 0 Å². The molecule has 0 aliphatic carbocycles. The summed E-state index contributed by atoms with van der Waals surface area (Å²) in [5.41, 5.74) is 0. The fraction of sp³-hybridized carbons (Fsp3) is 0.889. The predicted molar refractivity (Wildman–Crippen MR) is 52.7 cm³/mol. The van der Waals surface area contributed by atoms with Gasteiger partial charge in [-0.1, -0.05) is 0 Å². The summed E-state index contributed by atoms with van der Waals surface area (Å²) >= 11 is 0. The van der Waals surface area contributed by atoms with E-state index in [2.05, 4.69) is 10.1 Å². The lowest BCUT2D eigenvalue weighted by atomic mass is 10.4. The minimum absolute atomic E-state index is 0.0618. The van der Waals surface area contributed by atoms with Crippen LogP contribution in [0.2, 0.25) is 0 Å². The summed E-state index contributed by atoms with van der Waals surface area (Å²) in [6, 6.07) is -0.302. The summed E-state index contributed by atoms with van der Waals surface area (Å²) in [7, 11) is 0. The van der Waals surface area contributed by atoms with Gasteiger partial charge in [0.05, 0.1) is 19.8 Å². The number of hydrogen-bond donors (Lipinski definition) is 1. The first-order valence-electron chi connectivity index (χ1n) is 5.24. The minimum Gasteiger partial charge on any atom is -0.378 e. The van der Waals surface area contributed by atoms with E-state index in [0.29, 0.717) is 26.3 Å². The number of nitrogens with zero attached hydrogens (tertiary/aromatic N) is 1. The Labute approximate surface area is 96.8 Å². The van der Waals surface area contributed by atoms with Crippen LogP contribution in [0.3, 0.4) is 0 Å². The highest BCUT2D eigenvalue weighted by Crippen LogP contribution is 2.13. The van der Waals surface area contributed by atoms with Crippen molar-refractivity contribution in [2.75, 3.05) is 46.1 Å². The molecule has 5 nitrogen and oxygen atoms in total. The Bertz CT molecular complexity index is 242. The average molecular weight is 256 g/mol. The molecular formula is C9H15F3N2O3. The molecule has 0 aromatic carbocycles. The summed E-state index contributed by atoms with van der Waals surface area (Å²) < 4.78 is 44.5. The van der Waals surface area contributed by atoms with E-state index in [4.69, 9.17) is 4.74 Å². The third kappa shape index (κ3) is 6.32. The topological polar surface area (TPSA) is 50.8 Å². The van der Waals surface area contributed by atoms with Gasteiger partial charge in [0, 0.05) is 19.6 Å². The normalized spacial score (nSPS) is 17.0. The molecule has 2 amide bonds. The van der Waals surface area contributed by atoms with Gasteiger partial charge in [-0.25, -0.2) is 4.79 Å². The maximum atomic E-state index is 11.7. The number of rotatable bonds is 4. The van der Waals surface area contributed by atoms with E-state index in [1.165, 1.54) is 0 Å². The van der Waals surface area contributed by atoms with Crippen LogP contribution in [0.5, 0.6) is 0 Å². The third-order valence-corrected chi connectivity index (χ3v) is 2.09. The van der Waals surface area contributed by atoms with Gasteiger partial charge in [0.2, 0.25) is 0 Å². The van der Waals surface area contributed by atoms with Crippen molar-refractivity contribution in [1.82, 2.24) is 10.2 Å². The molecule has 1 heterocycles. The Balaban J connectivity index is 2.04. The predicted octanol–water partition coefficient (Wildman–Crippen LogP) is 0.607. The van der Waals surface area contributed by atoms with Crippen LogP contribution in [0, 0.1) is 0 Å². The maximum Gasteiger partial charge on any atom is 0.411 e. The number of carbonyl (C=O) groups is 1. The van der Waals surface area contributed by atoms with E-state index in [1.54, 1.807) is 4.90 Å². The number of halogens is 3. The van der Waals surface area contributed by atoms with Crippen LogP contribution in [0.1, 0.15) is 0 Å². The summed E-state index contributed by atoms with van der Waals surface area (Å²) in [6.45, 7) is 0.572. The molecule has 0 aromatic heterocycles. The second-order valence-corrected chi connectivity index (χ2v) is 3.50. The van der Waals surface area contributed by atoms with Crippen molar-refractivity contribution in [1.29, 1.82) is 0 Å². The summed E-state index contributed by atoms with van der Waals surface area (Å²) in [4.78, 5) is 13.0. The lowest BCUT2D eigenvalue weighted by Crippen LogP contribution is -2.46. The van der Waals surface area contributed by atoms with Crippen molar-refractivity contribution in [2.45, 2.75) is 6.18 Å². The molecule has 0 bridgehead atoms. The number of urea groups is 1. The molecule has 0 atom stereocenters. The molecule has 1 N–H and O–H groups in total. The molecule has 1 aliphatic rings. The Hall–Kier alpha value is -1.02. The smallest absolute Gasteiger partial charge is 0.378 e. The van der Waals surface area contributed by atoms with Crippen LogP contribution >= 0.6 is 0 Å². The molecule has 100 valence electrons. The number of alkyl halides is 3. The zero-order chi connectivity index (χ0) is 12.7. The van der Waals surface area contributed by atoms with Gasteiger partial charge in [-0.2, -0.15) is 13.2 Å². The SMILES string of the molecule is O=C(NCCOCC(F)(F)F)N1CCOCC1. The van der Waals surface area contributed by atoms with Crippen molar-refractivity contribution in [3.63, 3.8) is 0 Å². The first-order chi connectivity index (χ1) is 7.99. The molecule has 0 spiro atoms. The Morgan fingerprint density at radius 1 is 1.35 bits per heavy atom. The zero-order valence-corrected chi connectivity index (χ0v) is 9.26. The van der Waals surface area contributed by atoms with Crippen molar-refractivity contribution in [3.8, 4) is 0 Å². The number of ether oxygens (including phenoxy) is 2. The second-order valence-electron chi connectivity index (χ2n) is 3.50. The average Bonchev–Trinajstić information content (AvgIpc) is 2.28. The van der Waals surface area contributed by atoms with E-state index in [9.17, 15) is 18.0 Å². The second kappa shape index (κ2) is 6.65. The molecule has 1 aliphatic heterocycles. The van der Waals surface area contributed by atoms with Crippen LogP contribution in [0.25, 0.3) is 0 Å². The molecule has 0 saturated carbocycles. The van der Waals surface area contributed by atoms with Crippen LogP contribution in [0.4, 0.5) is 18.0 Å². The monoisotopic (exact) mass is 256 g/mol. The Kier molecular flexibility index (Phi) is 5.49. The summed E-state index contributed by atoms with van der Waals surface area (Å²) in [5.74, 6) is 0. The molecule has 0 unspecified atom stereocenters. The van der Waals surface area contributed by atoms with Gasteiger partial charge in [-0.05, 0) is 0 Å². The van der Waals surface area contributed by atoms with Gasteiger partial charge in [0.25, 0.3) is 0 Å². The number of hydrogen-bond acceptors (Lipinski definition) is 3. The van der Waals surface area contributed by atoms with Crippen LogP contribution in [-0.4, -0.2) is 63.2 Å². The first kappa shape index (κ1) is 14.0. The van der Waals surface area contributed by atoms with Crippen molar-refractivity contribution in [2.24, 2.45) is 0 Å². The lowest BCUT2D eigenvalue weighted by molar-refractivity contribution is -0.173. The summed E-state index contributed by atoms with van der Waals surface area (Å²) in [6.07, 6.45) is -4.33. The summed E-state index contributed by atoms with van der Waals surface area (Å²) in [5, 5.41) is 2.48. The highest BCUT2D eigenvalue weighted by molar-refractivity contribution is 5.74. The number of amides is 2. The third-order valence-electron chi connectivity index (χ3n) is 2.09. The highest BCUT2D eigenvalue weighted by atomic mass is 19.4. The van der Waals surface area contributed by atoms with Gasteiger partial charge < -0.3 is 19.7 Å². The van der Waals surface area contributed by atoms with Crippen LogP contribution < -0.4 is 5.32 Å². The molecule has 0 radical (unpaired) electrons. The van der Waals surface area contributed by atoms with E-state index < -0.39 is 12.8 Å². The fourth-order valence-electron chi connectivity index (χ4n) is 1.30. The van der Waals surface area contributed by atoms with Crippen molar-refractivity contribution >= 4 is 6.03 Å². The quantitative estimate of drug-likeness (QED) is 0.750. The lowest BCUT2D eigenvalue weighted by Gasteiger charge is -2.26. The molecule has 1 rings (SSSR count). The van der Waals surface area contributed by atoms with Gasteiger partial charge >= 0.3 is 12.2 Å². The van der Waals surface area contributed by atoms with Crippen LogP contribution in [-0.2, 0) is 9.47 Å².